The van der Waals surface area contributed by atoms with Crippen LogP contribution in [0.1, 0.15) is 38.1 Å². The lowest BCUT2D eigenvalue weighted by Gasteiger charge is -2.26. The molecule has 4 N–H and O–H groups in total. The number of aromatic amines is 1. The first-order valence-electron chi connectivity index (χ1n) is 6.76. The molecule has 2 rings (SSSR count). The van der Waals surface area contributed by atoms with Crippen LogP contribution in [0.2, 0.25) is 0 Å². The van der Waals surface area contributed by atoms with Crippen LogP contribution in [-0.2, 0) is 17.8 Å². The molecule has 0 saturated heterocycles. The molecule has 0 spiro atoms. The molecule has 0 bridgehead atoms. The third kappa shape index (κ3) is 3.54. The maximum absolute atomic E-state index is 12.1. The number of imidazole rings is 1. The number of hydrogen-bond donors (Lipinski definition) is 4. The summed E-state index contributed by atoms with van der Waals surface area (Å²) in [6, 6.07) is -0.270. The molecule has 0 fully saturated rings. The first kappa shape index (κ1) is 14.0. The maximum Gasteiger partial charge on any atom is 0.237 e. The van der Waals surface area contributed by atoms with Gasteiger partial charge in [-0.25, -0.2) is 4.98 Å². The van der Waals surface area contributed by atoms with Gasteiger partial charge in [0.15, 0.2) is 0 Å². The third-order valence-electron chi connectivity index (χ3n) is 3.48. The minimum absolute atomic E-state index is 0.0787. The van der Waals surface area contributed by atoms with Crippen LogP contribution in [0, 0.1) is 0 Å². The van der Waals surface area contributed by atoms with E-state index in [4.69, 9.17) is 0 Å². The fourth-order valence-electron chi connectivity index (χ4n) is 2.38. The van der Waals surface area contributed by atoms with E-state index in [9.17, 15) is 9.90 Å². The van der Waals surface area contributed by atoms with E-state index in [2.05, 4.69) is 20.6 Å². The molecule has 6 nitrogen and oxygen atoms in total. The van der Waals surface area contributed by atoms with Gasteiger partial charge in [0.05, 0.1) is 29.4 Å². The standard InChI is InChI=1S/C13H22N4O2/c1-3-4-13(2,19)7-15-12(18)10-5-9-11(6-14-10)17-8-16-9/h8,10,14,19H,3-7H2,1-2H3,(H,15,18)(H,16,17). The number of carbonyl (C=O) groups excluding carboxylic acids is 1. The Kier molecular flexibility index (Phi) is 4.21. The van der Waals surface area contributed by atoms with Crippen molar-refractivity contribution in [3.8, 4) is 0 Å². The summed E-state index contributed by atoms with van der Waals surface area (Å²) in [7, 11) is 0. The van der Waals surface area contributed by atoms with E-state index >= 15 is 0 Å². The van der Waals surface area contributed by atoms with Gasteiger partial charge in [-0.1, -0.05) is 13.3 Å². The second kappa shape index (κ2) is 5.71. The quantitative estimate of drug-likeness (QED) is 0.608. The topological polar surface area (TPSA) is 90.0 Å². The summed E-state index contributed by atoms with van der Waals surface area (Å²) in [5.41, 5.74) is 1.15. The number of carbonyl (C=O) groups is 1. The number of hydrogen-bond acceptors (Lipinski definition) is 4. The molecule has 2 atom stereocenters. The number of nitrogens with zero attached hydrogens (tertiary/aromatic N) is 1. The molecular formula is C13H22N4O2. The largest absolute Gasteiger partial charge is 0.388 e. The summed E-state index contributed by atoms with van der Waals surface area (Å²) in [5, 5.41) is 16.0. The number of aromatic nitrogens is 2. The van der Waals surface area contributed by atoms with Gasteiger partial charge in [0.25, 0.3) is 0 Å². The Morgan fingerprint density at radius 3 is 3.21 bits per heavy atom. The highest BCUT2D eigenvalue weighted by Gasteiger charge is 2.27. The number of H-pyrrole nitrogens is 1. The van der Waals surface area contributed by atoms with Crippen molar-refractivity contribution in [2.75, 3.05) is 6.54 Å². The summed E-state index contributed by atoms with van der Waals surface area (Å²) in [4.78, 5) is 19.3. The molecular weight excluding hydrogens is 244 g/mol. The Balaban J connectivity index is 1.85. The molecule has 6 heteroatoms. The van der Waals surface area contributed by atoms with Crippen molar-refractivity contribution >= 4 is 5.91 Å². The zero-order valence-corrected chi connectivity index (χ0v) is 11.5. The van der Waals surface area contributed by atoms with Crippen molar-refractivity contribution in [2.24, 2.45) is 0 Å². The Morgan fingerprint density at radius 1 is 1.68 bits per heavy atom. The lowest BCUT2D eigenvalue weighted by molar-refractivity contribution is -0.124. The van der Waals surface area contributed by atoms with E-state index in [-0.39, 0.29) is 18.5 Å². The SMILES string of the molecule is CCCC(C)(O)CNC(=O)C1Cc2nc[nH]c2CN1. The molecule has 0 saturated carbocycles. The average Bonchev–Trinajstić information content (AvgIpc) is 2.83. The molecule has 2 heterocycles. The van der Waals surface area contributed by atoms with Crippen LogP contribution in [0.15, 0.2) is 6.33 Å². The predicted molar refractivity (Wildman–Crippen MR) is 71.5 cm³/mol. The van der Waals surface area contributed by atoms with Gasteiger partial charge >= 0.3 is 0 Å². The molecule has 2 unspecified atom stereocenters. The number of aliphatic hydroxyl groups is 1. The van der Waals surface area contributed by atoms with Gasteiger partial charge in [0.2, 0.25) is 5.91 Å². The van der Waals surface area contributed by atoms with Gasteiger partial charge in [0, 0.05) is 19.5 Å². The molecule has 1 amide bonds. The number of amides is 1. The van der Waals surface area contributed by atoms with Gasteiger partial charge in [-0.2, -0.15) is 0 Å². The van der Waals surface area contributed by atoms with Gasteiger partial charge < -0.3 is 15.4 Å². The minimum atomic E-state index is -0.837. The Labute approximate surface area is 113 Å². The molecule has 19 heavy (non-hydrogen) atoms. The summed E-state index contributed by atoms with van der Waals surface area (Å²) < 4.78 is 0. The normalized spacial score (nSPS) is 21.5. The van der Waals surface area contributed by atoms with Crippen LogP contribution in [0.5, 0.6) is 0 Å². The third-order valence-corrected chi connectivity index (χ3v) is 3.48. The van der Waals surface area contributed by atoms with Crippen molar-refractivity contribution in [3.63, 3.8) is 0 Å². The Bertz CT molecular complexity index is 442. The van der Waals surface area contributed by atoms with E-state index in [1.54, 1.807) is 13.3 Å². The molecule has 0 aromatic carbocycles. The molecule has 0 aliphatic carbocycles. The molecule has 1 aromatic heterocycles. The van der Waals surface area contributed by atoms with Crippen LogP contribution < -0.4 is 10.6 Å². The zero-order chi connectivity index (χ0) is 13.9. The monoisotopic (exact) mass is 266 g/mol. The first-order valence-corrected chi connectivity index (χ1v) is 6.76. The number of rotatable bonds is 5. The zero-order valence-electron chi connectivity index (χ0n) is 11.5. The highest BCUT2D eigenvalue weighted by molar-refractivity contribution is 5.82. The summed E-state index contributed by atoms with van der Waals surface area (Å²) in [6.07, 6.45) is 3.80. The summed E-state index contributed by atoms with van der Waals surface area (Å²) in [6.45, 7) is 4.67. The lowest BCUT2D eigenvalue weighted by atomic mass is 10.00. The highest BCUT2D eigenvalue weighted by Crippen LogP contribution is 2.13. The first-order chi connectivity index (χ1) is 9.02. The smallest absolute Gasteiger partial charge is 0.237 e. The number of fused-ring (bicyclic) bond motifs is 1. The summed E-state index contributed by atoms with van der Waals surface area (Å²) >= 11 is 0. The van der Waals surface area contributed by atoms with E-state index in [0.29, 0.717) is 19.4 Å². The van der Waals surface area contributed by atoms with Crippen molar-refractivity contribution in [1.29, 1.82) is 0 Å². The van der Waals surface area contributed by atoms with Gasteiger partial charge in [-0.3, -0.25) is 10.1 Å². The van der Waals surface area contributed by atoms with E-state index < -0.39 is 5.60 Å². The van der Waals surface area contributed by atoms with E-state index in [1.807, 2.05) is 6.92 Å². The molecule has 1 aliphatic heterocycles. The van der Waals surface area contributed by atoms with E-state index in [1.165, 1.54) is 0 Å². The van der Waals surface area contributed by atoms with Crippen LogP contribution in [-0.4, -0.2) is 39.2 Å². The van der Waals surface area contributed by atoms with Crippen molar-refractivity contribution in [2.45, 2.75) is 51.3 Å². The predicted octanol–water partition coefficient (Wildman–Crippen LogP) is 0.0913. The molecule has 106 valence electrons. The fourth-order valence-corrected chi connectivity index (χ4v) is 2.38. The van der Waals surface area contributed by atoms with Crippen molar-refractivity contribution in [1.82, 2.24) is 20.6 Å². The lowest BCUT2D eigenvalue weighted by Crippen LogP contribution is -2.51. The van der Waals surface area contributed by atoms with Crippen molar-refractivity contribution in [3.05, 3.63) is 17.7 Å². The van der Waals surface area contributed by atoms with E-state index in [0.717, 1.165) is 17.8 Å². The van der Waals surface area contributed by atoms with Crippen LogP contribution in [0.3, 0.4) is 0 Å². The Hall–Kier alpha value is -1.40. The second-order valence-electron chi connectivity index (χ2n) is 5.43. The number of nitrogens with one attached hydrogen (secondary N) is 3. The van der Waals surface area contributed by atoms with Crippen LogP contribution in [0.4, 0.5) is 0 Å². The van der Waals surface area contributed by atoms with Crippen LogP contribution in [0.25, 0.3) is 0 Å². The summed E-state index contributed by atoms with van der Waals surface area (Å²) in [5.74, 6) is -0.0787. The molecule has 0 radical (unpaired) electrons. The van der Waals surface area contributed by atoms with Gasteiger partial charge in [-0.05, 0) is 13.3 Å². The minimum Gasteiger partial charge on any atom is -0.388 e. The molecule has 1 aromatic rings. The van der Waals surface area contributed by atoms with Crippen LogP contribution >= 0.6 is 0 Å². The molecule has 1 aliphatic rings. The maximum atomic E-state index is 12.1. The van der Waals surface area contributed by atoms with Crippen molar-refractivity contribution < 1.29 is 9.90 Å². The Morgan fingerprint density at radius 2 is 2.47 bits per heavy atom. The van der Waals surface area contributed by atoms with Gasteiger partial charge in [-0.15, -0.1) is 0 Å². The second-order valence-corrected chi connectivity index (χ2v) is 5.43. The van der Waals surface area contributed by atoms with Gasteiger partial charge in [0.1, 0.15) is 0 Å². The fraction of sp³-hybridized carbons (Fsp3) is 0.692. The highest BCUT2D eigenvalue weighted by atomic mass is 16.3. The average molecular weight is 266 g/mol.